The molecule has 3 aromatic rings. The number of amides is 1. The molecule has 0 radical (unpaired) electrons. The van der Waals surface area contributed by atoms with Gasteiger partial charge in [-0.3, -0.25) is 0 Å². The van der Waals surface area contributed by atoms with Gasteiger partial charge < -0.3 is 15.2 Å². The second-order valence-corrected chi connectivity index (χ2v) is 7.05. The quantitative estimate of drug-likeness (QED) is 0.609. The standard InChI is InChI=1S/C23H19FN2O4/c24-21-12-14(9-10-25-21)11-20(22(27)28)26-23(29)30-13-19-17-7-3-1-5-15(17)16-6-2-4-8-18(16)19/h1-10,12,19-20H,11,13H2,(H,26,29)(H,27,28). The Hall–Kier alpha value is -3.74. The van der Waals surface area contributed by atoms with Crippen LogP contribution in [0.1, 0.15) is 22.6 Å². The number of ether oxygens (including phenoxy) is 1. The Morgan fingerprint density at radius 1 is 1.07 bits per heavy atom. The zero-order chi connectivity index (χ0) is 21.1. The minimum Gasteiger partial charge on any atom is -0.480 e. The van der Waals surface area contributed by atoms with Crippen molar-refractivity contribution < 1.29 is 23.8 Å². The van der Waals surface area contributed by atoms with Gasteiger partial charge in [0.15, 0.2) is 0 Å². The van der Waals surface area contributed by atoms with Gasteiger partial charge >= 0.3 is 12.1 Å². The lowest BCUT2D eigenvalue weighted by Crippen LogP contribution is -2.42. The Bertz CT molecular complexity index is 1060. The monoisotopic (exact) mass is 406 g/mol. The maximum absolute atomic E-state index is 13.2. The molecule has 4 rings (SSSR count). The van der Waals surface area contributed by atoms with E-state index in [1.165, 1.54) is 12.3 Å². The number of benzene rings is 2. The zero-order valence-electron chi connectivity index (χ0n) is 15.9. The first-order chi connectivity index (χ1) is 14.5. The van der Waals surface area contributed by atoms with Crippen LogP contribution in [-0.4, -0.2) is 34.8 Å². The summed E-state index contributed by atoms with van der Waals surface area (Å²) in [6.45, 7) is 0.0794. The zero-order valence-corrected chi connectivity index (χ0v) is 15.9. The summed E-state index contributed by atoms with van der Waals surface area (Å²) in [5.41, 5.74) is 4.74. The van der Waals surface area contributed by atoms with E-state index in [1.807, 2.05) is 48.5 Å². The number of carbonyl (C=O) groups is 2. The molecule has 0 fully saturated rings. The molecule has 1 amide bonds. The number of carboxylic acid groups (broad SMARTS) is 1. The lowest BCUT2D eigenvalue weighted by Gasteiger charge is -2.17. The van der Waals surface area contributed by atoms with Gasteiger partial charge in [-0.15, -0.1) is 0 Å². The molecule has 1 aliphatic carbocycles. The van der Waals surface area contributed by atoms with Gasteiger partial charge in [-0.05, 0) is 39.9 Å². The number of rotatable bonds is 6. The van der Waals surface area contributed by atoms with Crippen LogP contribution >= 0.6 is 0 Å². The fraction of sp³-hybridized carbons (Fsp3) is 0.174. The third kappa shape index (κ3) is 4.00. The summed E-state index contributed by atoms with van der Waals surface area (Å²) in [5.74, 6) is -2.07. The van der Waals surface area contributed by atoms with Crippen molar-refractivity contribution in [3.05, 3.63) is 89.5 Å². The van der Waals surface area contributed by atoms with Crippen LogP contribution in [0.4, 0.5) is 9.18 Å². The Labute approximate surface area is 172 Å². The van der Waals surface area contributed by atoms with E-state index in [0.717, 1.165) is 28.3 Å². The summed E-state index contributed by atoms with van der Waals surface area (Å²) in [6.07, 6.45) is 0.328. The molecule has 1 unspecified atom stereocenters. The fourth-order valence-electron chi connectivity index (χ4n) is 3.79. The number of nitrogens with one attached hydrogen (secondary N) is 1. The number of pyridine rings is 1. The van der Waals surface area contributed by atoms with Gasteiger partial charge in [-0.2, -0.15) is 4.39 Å². The highest BCUT2D eigenvalue weighted by molar-refractivity contribution is 5.81. The van der Waals surface area contributed by atoms with Crippen LogP contribution in [0, 0.1) is 5.95 Å². The summed E-state index contributed by atoms with van der Waals surface area (Å²) < 4.78 is 18.6. The van der Waals surface area contributed by atoms with E-state index >= 15 is 0 Å². The summed E-state index contributed by atoms with van der Waals surface area (Å²) >= 11 is 0. The molecule has 0 aliphatic heterocycles. The third-order valence-corrected chi connectivity index (χ3v) is 5.16. The van der Waals surface area contributed by atoms with E-state index < -0.39 is 24.1 Å². The number of carboxylic acids is 1. The minimum absolute atomic E-state index is 0.0794. The summed E-state index contributed by atoms with van der Waals surface area (Å²) in [5, 5.41) is 11.8. The van der Waals surface area contributed by atoms with Crippen molar-refractivity contribution in [1.29, 1.82) is 0 Å². The predicted octanol–water partition coefficient (Wildman–Crippen LogP) is 3.76. The normalized spacial score (nSPS) is 13.2. The lowest BCUT2D eigenvalue weighted by atomic mass is 9.98. The maximum Gasteiger partial charge on any atom is 0.407 e. The Morgan fingerprint density at radius 2 is 1.70 bits per heavy atom. The molecule has 2 aromatic carbocycles. The van der Waals surface area contributed by atoms with Crippen LogP contribution < -0.4 is 5.32 Å². The lowest BCUT2D eigenvalue weighted by molar-refractivity contribution is -0.139. The SMILES string of the molecule is O=C(NC(Cc1ccnc(F)c1)C(=O)O)OCC1c2ccccc2-c2ccccc21. The minimum atomic E-state index is -1.25. The van der Waals surface area contributed by atoms with Gasteiger partial charge in [0.1, 0.15) is 12.6 Å². The van der Waals surface area contributed by atoms with E-state index in [2.05, 4.69) is 10.3 Å². The number of hydrogen-bond acceptors (Lipinski definition) is 4. The molecule has 1 aliphatic rings. The van der Waals surface area contributed by atoms with Gasteiger partial charge in [0, 0.05) is 18.5 Å². The van der Waals surface area contributed by atoms with Crippen molar-refractivity contribution >= 4 is 12.1 Å². The second kappa shape index (κ2) is 8.32. The van der Waals surface area contributed by atoms with Gasteiger partial charge in [0.05, 0.1) is 0 Å². The average molecular weight is 406 g/mol. The van der Waals surface area contributed by atoms with Crippen LogP contribution in [0.25, 0.3) is 11.1 Å². The molecule has 1 heterocycles. The first kappa shape index (κ1) is 19.6. The van der Waals surface area contributed by atoms with Crippen LogP contribution in [0.15, 0.2) is 66.9 Å². The molecule has 152 valence electrons. The second-order valence-electron chi connectivity index (χ2n) is 7.05. The van der Waals surface area contributed by atoms with E-state index in [1.54, 1.807) is 0 Å². The Kier molecular flexibility index (Phi) is 5.43. The van der Waals surface area contributed by atoms with Crippen molar-refractivity contribution in [2.24, 2.45) is 0 Å². The average Bonchev–Trinajstić information content (AvgIpc) is 3.06. The molecule has 0 bridgehead atoms. The van der Waals surface area contributed by atoms with E-state index in [0.29, 0.717) is 5.56 Å². The highest BCUT2D eigenvalue weighted by Crippen LogP contribution is 2.44. The number of aliphatic carboxylic acids is 1. The summed E-state index contributed by atoms with van der Waals surface area (Å²) in [4.78, 5) is 27.3. The number of carbonyl (C=O) groups excluding carboxylic acids is 1. The van der Waals surface area contributed by atoms with Gasteiger partial charge in [0.25, 0.3) is 0 Å². The fourth-order valence-corrected chi connectivity index (χ4v) is 3.79. The first-order valence-corrected chi connectivity index (χ1v) is 9.47. The van der Waals surface area contributed by atoms with Crippen molar-refractivity contribution in [2.75, 3.05) is 6.61 Å². The van der Waals surface area contributed by atoms with Crippen molar-refractivity contribution in [1.82, 2.24) is 10.3 Å². The number of fused-ring (bicyclic) bond motifs is 3. The van der Waals surface area contributed by atoms with Gasteiger partial charge in [-0.25, -0.2) is 14.6 Å². The summed E-state index contributed by atoms with van der Waals surface area (Å²) in [7, 11) is 0. The Morgan fingerprint density at radius 3 is 2.30 bits per heavy atom. The molecule has 1 aromatic heterocycles. The van der Waals surface area contributed by atoms with E-state index in [4.69, 9.17) is 4.74 Å². The molecule has 0 spiro atoms. The topological polar surface area (TPSA) is 88.5 Å². The molecule has 6 nitrogen and oxygen atoms in total. The first-order valence-electron chi connectivity index (χ1n) is 9.47. The molecular formula is C23H19FN2O4. The van der Waals surface area contributed by atoms with E-state index in [-0.39, 0.29) is 18.9 Å². The van der Waals surface area contributed by atoms with E-state index in [9.17, 15) is 19.1 Å². The van der Waals surface area contributed by atoms with Crippen LogP contribution in [0.2, 0.25) is 0 Å². The molecule has 2 N–H and O–H groups in total. The van der Waals surface area contributed by atoms with Gasteiger partial charge in [-0.1, -0.05) is 48.5 Å². The summed E-state index contributed by atoms with van der Waals surface area (Å²) in [6, 6.07) is 17.2. The maximum atomic E-state index is 13.2. The third-order valence-electron chi connectivity index (χ3n) is 5.16. The highest BCUT2D eigenvalue weighted by atomic mass is 19.1. The molecule has 7 heteroatoms. The number of halogens is 1. The predicted molar refractivity (Wildman–Crippen MR) is 108 cm³/mol. The molecule has 1 atom stereocenters. The molecule has 0 saturated carbocycles. The smallest absolute Gasteiger partial charge is 0.407 e. The number of nitrogens with zero attached hydrogens (tertiary/aromatic N) is 1. The van der Waals surface area contributed by atoms with Crippen molar-refractivity contribution in [2.45, 2.75) is 18.4 Å². The van der Waals surface area contributed by atoms with Crippen molar-refractivity contribution in [3.63, 3.8) is 0 Å². The van der Waals surface area contributed by atoms with Crippen LogP contribution in [0.5, 0.6) is 0 Å². The largest absolute Gasteiger partial charge is 0.480 e. The molecule has 30 heavy (non-hydrogen) atoms. The molecular weight excluding hydrogens is 387 g/mol. The Balaban J connectivity index is 1.43. The molecule has 0 saturated heterocycles. The van der Waals surface area contributed by atoms with Gasteiger partial charge in [0.2, 0.25) is 5.95 Å². The number of alkyl carbamates (subject to hydrolysis) is 1. The van der Waals surface area contributed by atoms with Crippen LogP contribution in [-0.2, 0) is 16.0 Å². The number of aromatic nitrogens is 1. The van der Waals surface area contributed by atoms with Crippen molar-refractivity contribution in [3.8, 4) is 11.1 Å². The highest BCUT2D eigenvalue weighted by Gasteiger charge is 2.29. The van der Waals surface area contributed by atoms with Crippen LogP contribution in [0.3, 0.4) is 0 Å². The number of hydrogen-bond donors (Lipinski definition) is 2.